The van der Waals surface area contributed by atoms with Crippen LogP contribution in [0.2, 0.25) is 0 Å². The average molecular weight is 156 g/mol. The van der Waals surface area contributed by atoms with E-state index in [2.05, 4.69) is 10.1 Å². The van der Waals surface area contributed by atoms with Gasteiger partial charge >= 0.3 is 0 Å². The first-order valence-corrected chi connectivity index (χ1v) is 3.45. The van der Waals surface area contributed by atoms with Crippen LogP contribution in [0.1, 0.15) is 26.2 Å². The molecule has 1 rings (SSSR count). The number of nitrogens with zero attached hydrogens (tertiary/aromatic N) is 2. The smallest absolute Gasteiger partial charge is 0.260 e. The van der Waals surface area contributed by atoms with Crippen molar-refractivity contribution in [1.29, 1.82) is 0 Å². The molecular weight excluding hydrogens is 144 g/mol. The summed E-state index contributed by atoms with van der Waals surface area (Å²) in [4.78, 5) is 3.83. The van der Waals surface area contributed by atoms with Gasteiger partial charge in [0.2, 0.25) is 5.89 Å². The van der Waals surface area contributed by atoms with Gasteiger partial charge in [-0.3, -0.25) is 0 Å². The Morgan fingerprint density at radius 1 is 1.64 bits per heavy atom. The SMILES string of the molecule is CCC(C)(N)c1nc(N)no1. The fourth-order valence-corrected chi connectivity index (χ4v) is 0.618. The average Bonchev–Trinajstić information content (AvgIpc) is 2.36. The molecule has 0 fully saturated rings. The molecule has 1 heterocycles. The Morgan fingerprint density at radius 3 is 2.64 bits per heavy atom. The molecule has 0 aliphatic carbocycles. The van der Waals surface area contributed by atoms with Gasteiger partial charge in [0, 0.05) is 0 Å². The van der Waals surface area contributed by atoms with Gasteiger partial charge in [-0.1, -0.05) is 6.92 Å². The fourth-order valence-electron chi connectivity index (χ4n) is 0.618. The van der Waals surface area contributed by atoms with E-state index in [1.165, 1.54) is 0 Å². The van der Waals surface area contributed by atoms with E-state index in [1.807, 2.05) is 13.8 Å². The van der Waals surface area contributed by atoms with Crippen molar-refractivity contribution in [2.75, 3.05) is 5.73 Å². The van der Waals surface area contributed by atoms with E-state index in [-0.39, 0.29) is 5.95 Å². The summed E-state index contributed by atoms with van der Waals surface area (Å²) in [6, 6.07) is 0. The van der Waals surface area contributed by atoms with Gasteiger partial charge < -0.3 is 16.0 Å². The predicted octanol–water partition coefficient (Wildman–Crippen LogP) is 0.236. The third kappa shape index (κ3) is 1.48. The van der Waals surface area contributed by atoms with E-state index in [9.17, 15) is 0 Å². The van der Waals surface area contributed by atoms with E-state index in [4.69, 9.17) is 16.0 Å². The van der Waals surface area contributed by atoms with E-state index in [1.54, 1.807) is 0 Å². The van der Waals surface area contributed by atoms with Crippen molar-refractivity contribution in [1.82, 2.24) is 10.1 Å². The molecule has 1 aromatic rings. The molecule has 0 amide bonds. The van der Waals surface area contributed by atoms with E-state index in [0.717, 1.165) is 6.42 Å². The highest BCUT2D eigenvalue weighted by Gasteiger charge is 2.25. The summed E-state index contributed by atoms with van der Waals surface area (Å²) in [5.74, 6) is 0.516. The quantitative estimate of drug-likeness (QED) is 0.639. The van der Waals surface area contributed by atoms with Crippen molar-refractivity contribution in [3.8, 4) is 0 Å². The minimum absolute atomic E-state index is 0.130. The summed E-state index contributed by atoms with van der Waals surface area (Å²) in [7, 11) is 0. The molecule has 62 valence electrons. The second-order valence-corrected chi connectivity index (χ2v) is 2.73. The largest absolute Gasteiger partial charge is 0.365 e. The highest BCUT2D eigenvalue weighted by Crippen LogP contribution is 2.18. The standard InChI is InChI=1S/C6H12N4O/c1-3-6(2,8)4-9-5(7)10-11-4/h3,8H2,1-2H3,(H2,7,10). The van der Waals surface area contributed by atoms with Crippen molar-refractivity contribution in [2.24, 2.45) is 5.73 Å². The summed E-state index contributed by atoms with van der Waals surface area (Å²) >= 11 is 0. The summed E-state index contributed by atoms with van der Waals surface area (Å²) in [6.45, 7) is 3.76. The molecule has 11 heavy (non-hydrogen) atoms. The van der Waals surface area contributed by atoms with Gasteiger partial charge in [-0.25, -0.2) is 0 Å². The van der Waals surface area contributed by atoms with Gasteiger partial charge in [-0.05, 0) is 18.5 Å². The summed E-state index contributed by atoms with van der Waals surface area (Å²) in [5, 5.41) is 3.44. The fraction of sp³-hybridized carbons (Fsp3) is 0.667. The van der Waals surface area contributed by atoms with Crippen LogP contribution in [0, 0.1) is 0 Å². The zero-order chi connectivity index (χ0) is 8.48. The Labute approximate surface area is 64.8 Å². The zero-order valence-electron chi connectivity index (χ0n) is 6.66. The molecule has 4 N–H and O–H groups in total. The lowest BCUT2D eigenvalue weighted by Gasteiger charge is -2.15. The lowest BCUT2D eigenvalue weighted by molar-refractivity contribution is 0.292. The number of anilines is 1. The Balaban J connectivity index is 2.92. The highest BCUT2D eigenvalue weighted by molar-refractivity contribution is 5.13. The molecule has 5 nitrogen and oxygen atoms in total. The van der Waals surface area contributed by atoms with Crippen molar-refractivity contribution in [3.05, 3.63) is 5.89 Å². The minimum Gasteiger partial charge on any atom is -0.365 e. The summed E-state index contributed by atoms with van der Waals surface area (Å²) in [6.07, 6.45) is 0.731. The molecule has 0 radical (unpaired) electrons. The van der Waals surface area contributed by atoms with Gasteiger partial charge in [0.05, 0.1) is 5.54 Å². The molecule has 0 saturated carbocycles. The molecule has 0 aromatic carbocycles. The highest BCUT2D eigenvalue weighted by atomic mass is 16.5. The van der Waals surface area contributed by atoms with Gasteiger partial charge in [0.1, 0.15) is 0 Å². The Hall–Kier alpha value is -1.10. The summed E-state index contributed by atoms with van der Waals surface area (Å²) in [5.41, 5.74) is 10.5. The number of hydrogen-bond donors (Lipinski definition) is 2. The lowest BCUT2D eigenvalue weighted by atomic mass is 10.0. The number of nitrogen functional groups attached to an aromatic ring is 1. The summed E-state index contributed by atoms with van der Waals surface area (Å²) < 4.78 is 4.81. The molecular formula is C6H12N4O. The maximum atomic E-state index is 5.80. The van der Waals surface area contributed by atoms with Crippen LogP contribution in [0.5, 0.6) is 0 Å². The van der Waals surface area contributed by atoms with Crippen molar-refractivity contribution in [2.45, 2.75) is 25.8 Å². The Morgan fingerprint density at radius 2 is 2.27 bits per heavy atom. The maximum Gasteiger partial charge on any atom is 0.260 e. The number of hydrogen-bond acceptors (Lipinski definition) is 5. The normalized spacial score (nSPS) is 16.3. The second kappa shape index (κ2) is 2.50. The number of rotatable bonds is 2. The minimum atomic E-state index is -0.565. The molecule has 1 atom stereocenters. The Kier molecular flexibility index (Phi) is 1.82. The molecule has 0 bridgehead atoms. The van der Waals surface area contributed by atoms with Crippen LogP contribution in [-0.4, -0.2) is 10.1 Å². The zero-order valence-corrected chi connectivity index (χ0v) is 6.66. The first kappa shape index (κ1) is 8.00. The van der Waals surface area contributed by atoms with E-state index >= 15 is 0 Å². The van der Waals surface area contributed by atoms with Crippen molar-refractivity contribution < 1.29 is 4.52 Å². The van der Waals surface area contributed by atoms with Gasteiger partial charge in [0.25, 0.3) is 5.95 Å². The maximum absolute atomic E-state index is 5.80. The molecule has 1 aromatic heterocycles. The molecule has 0 saturated heterocycles. The lowest BCUT2D eigenvalue weighted by Crippen LogP contribution is -2.32. The predicted molar refractivity (Wildman–Crippen MR) is 40.5 cm³/mol. The topological polar surface area (TPSA) is 91.0 Å². The van der Waals surface area contributed by atoms with Crippen LogP contribution in [0.25, 0.3) is 0 Å². The number of aromatic nitrogens is 2. The van der Waals surface area contributed by atoms with Gasteiger partial charge in [-0.2, -0.15) is 4.98 Å². The molecule has 0 aliphatic rings. The third-order valence-electron chi connectivity index (χ3n) is 1.66. The van der Waals surface area contributed by atoms with Gasteiger partial charge in [0.15, 0.2) is 0 Å². The van der Waals surface area contributed by atoms with Crippen LogP contribution in [-0.2, 0) is 5.54 Å². The van der Waals surface area contributed by atoms with E-state index < -0.39 is 5.54 Å². The van der Waals surface area contributed by atoms with Crippen molar-refractivity contribution in [3.63, 3.8) is 0 Å². The molecule has 5 heteroatoms. The van der Waals surface area contributed by atoms with Crippen LogP contribution >= 0.6 is 0 Å². The van der Waals surface area contributed by atoms with Crippen LogP contribution < -0.4 is 11.5 Å². The van der Waals surface area contributed by atoms with Crippen LogP contribution in [0.4, 0.5) is 5.95 Å². The monoisotopic (exact) mass is 156 g/mol. The number of nitrogens with two attached hydrogens (primary N) is 2. The van der Waals surface area contributed by atoms with Crippen molar-refractivity contribution >= 4 is 5.95 Å². The second-order valence-electron chi connectivity index (χ2n) is 2.73. The van der Waals surface area contributed by atoms with Crippen LogP contribution in [0.15, 0.2) is 4.52 Å². The first-order chi connectivity index (χ1) is 5.06. The third-order valence-corrected chi connectivity index (χ3v) is 1.66. The van der Waals surface area contributed by atoms with Gasteiger partial charge in [-0.15, -0.1) is 0 Å². The van der Waals surface area contributed by atoms with Crippen LogP contribution in [0.3, 0.4) is 0 Å². The molecule has 0 spiro atoms. The van der Waals surface area contributed by atoms with E-state index in [0.29, 0.717) is 5.89 Å². The molecule has 1 unspecified atom stereocenters. The first-order valence-electron chi connectivity index (χ1n) is 3.45. The Bertz CT molecular complexity index is 242. The molecule has 0 aliphatic heterocycles.